The maximum Gasteiger partial charge on any atom is 0.194 e. The minimum Gasteiger partial charge on any atom is -0.394 e. The highest BCUT2D eigenvalue weighted by atomic mass is 32.2. The Labute approximate surface area is 255 Å². The SMILES string of the molecule is CO[C@@H]1[C@@H](n2cc(-c3cc(F)c(F)c(F)c3)nn2)[C@@H](O)[C@@H](CO)O[C@H]1S[C@@H]1COC[C@H](n2cc(C3CCCCC3)nn2)[C@H]1O. The summed E-state index contributed by atoms with van der Waals surface area (Å²) in [4.78, 5) is 0. The Hall–Kier alpha value is -2.60. The van der Waals surface area contributed by atoms with Crippen LogP contribution in [0.5, 0.6) is 0 Å². The normalized spacial score (nSPS) is 31.8. The topological polar surface area (TPSA) is 150 Å². The van der Waals surface area contributed by atoms with E-state index in [9.17, 15) is 28.5 Å². The maximum absolute atomic E-state index is 13.9. The summed E-state index contributed by atoms with van der Waals surface area (Å²) in [7, 11) is 1.42. The highest BCUT2D eigenvalue weighted by molar-refractivity contribution is 8.00. The summed E-state index contributed by atoms with van der Waals surface area (Å²) in [5, 5.41) is 48.9. The molecule has 4 heterocycles. The van der Waals surface area contributed by atoms with E-state index in [-0.39, 0.29) is 24.5 Å². The number of halogens is 3. The summed E-state index contributed by atoms with van der Waals surface area (Å²) in [6.45, 7) is -0.0802. The molecule has 3 aliphatic rings. The van der Waals surface area contributed by atoms with Gasteiger partial charge in [-0.1, -0.05) is 29.7 Å². The molecule has 3 fully saturated rings. The summed E-state index contributed by atoms with van der Waals surface area (Å²) in [5.74, 6) is -4.00. The van der Waals surface area contributed by atoms with E-state index in [0.717, 1.165) is 43.5 Å². The fourth-order valence-corrected chi connectivity index (χ4v) is 7.79. The van der Waals surface area contributed by atoms with Crippen LogP contribution >= 0.6 is 11.8 Å². The first-order valence-corrected chi connectivity index (χ1v) is 15.6. The van der Waals surface area contributed by atoms with Crippen LogP contribution in [0.4, 0.5) is 13.2 Å². The summed E-state index contributed by atoms with van der Waals surface area (Å²) in [6, 6.07) is 0.153. The minimum absolute atomic E-state index is 0.0282. The average Bonchev–Trinajstić information content (AvgIpc) is 3.72. The van der Waals surface area contributed by atoms with Crippen molar-refractivity contribution in [2.75, 3.05) is 26.9 Å². The standard InChI is InChI=1S/C28H35F3N6O6S/c1-41-27-24(37-10-19(33-35-37)15-7-16(29)23(31)17(30)8-15)26(40)21(11-38)43-28(27)44-22-13-42-12-20(25(22)39)36-9-18(32-34-36)14-5-3-2-4-6-14/h7-10,14,20-22,24-28,38-40H,2-6,11-13H2,1H3/t20-,21+,22+,24-,25+,26-,27+,28-/m0/s1. The zero-order chi connectivity index (χ0) is 31.0. The number of aromatic nitrogens is 6. The summed E-state index contributed by atoms with van der Waals surface area (Å²) in [5.41, 5.74) is 0.0821. The Kier molecular flexibility index (Phi) is 9.56. The van der Waals surface area contributed by atoms with E-state index >= 15 is 0 Å². The van der Waals surface area contributed by atoms with Gasteiger partial charge in [0, 0.05) is 24.8 Å². The smallest absolute Gasteiger partial charge is 0.194 e. The first-order valence-electron chi connectivity index (χ1n) is 14.7. The van der Waals surface area contributed by atoms with Crippen LogP contribution in [0.15, 0.2) is 24.5 Å². The monoisotopic (exact) mass is 640 g/mol. The molecule has 6 rings (SSSR count). The number of aliphatic hydroxyl groups is 3. The average molecular weight is 641 g/mol. The minimum atomic E-state index is -1.60. The van der Waals surface area contributed by atoms with Gasteiger partial charge in [0.15, 0.2) is 17.5 Å². The molecule has 16 heteroatoms. The van der Waals surface area contributed by atoms with Crippen LogP contribution in [0.3, 0.4) is 0 Å². The molecule has 0 spiro atoms. The third-order valence-corrected chi connectivity index (χ3v) is 10.2. The van der Waals surface area contributed by atoms with Crippen molar-refractivity contribution < 1.29 is 42.7 Å². The van der Waals surface area contributed by atoms with Gasteiger partial charge in [-0.05, 0) is 25.0 Å². The van der Waals surface area contributed by atoms with Crippen LogP contribution in [0.2, 0.25) is 0 Å². The predicted molar refractivity (Wildman–Crippen MR) is 150 cm³/mol. The third-order valence-electron chi connectivity index (χ3n) is 8.74. The Balaban J connectivity index is 1.21. The Morgan fingerprint density at radius 2 is 1.70 bits per heavy atom. The van der Waals surface area contributed by atoms with Gasteiger partial charge in [0.2, 0.25) is 0 Å². The van der Waals surface area contributed by atoms with E-state index in [4.69, 9.17) is 14.2 Å². The number of aliphatic hydroxyl groups excluding tert-OH is 3. The lowest BCUT2D eigenvalue weighted by molar-refractivity contribution is -0.186. The number of hydrogen-bond acceptors (Lipinski definition) is 11. The summed E-state index contributed by atoms with van der Waals surface area (Å²) >= 11 is 1.24. The van der Waals surface area contributed by atoms with Crippen LogP contribution in [0.25, 0.3) is 11.3 Å². The fourth-order valence-electron chi connectivity index (χ4n) is 6.29. The van der Waals surface area contributed by atoms with Crippen molar-refractivity contribution in [3.05, 3.63) is 47.7 Å². The van der Waals surface area contributed by atoms with Crippen LogP contribution in [-0.2, 0) is 14.2 Å². The number of rotatable bonds is 8. The Bertz CT molecular complexity index is 1400. The van der Waals surface area contributed by atoms with Gasteiger partial charge in [-0.15, -0.1) is 22.0 Å². The molecule has 2 saturated heterocycles. The highest BCUT2D eigenvalue weighted by Crippen LogP contribution is 2.41. The van der Waals surface area contributed by atoms with Gasteiger partial charge in [-0.3, -0.25) is 0 Å². The lowest BCUT2D eigenvalue weighted by atomic mass is 9.87. The van der Waals surface area contributed by atoms with Crippen molar-refractivity contribution in [1.29, 1.82) is 0 Å². The van der Waals surface area contributed by atoms with Crippen molar-refractivity contribution in [3.8, 4) is 11.3 Å². The number of ether oxygens (including phenoxy) is 3. The van der Waals surface area contributed by atoms with E-state index < -0.39 is 71.2 Å². The molecule has 240 valence electrons. The third kappa shape index (κ3) is 6.12. The molecule has 8 atom stereocenters. The van der Waals surface area contributed by atoms with E-state index in [1.54, 1.807) is 4.68 Å². The molecule has 2 aliphatic heterocycles. The van der Waals surface area contributed by atoms with Gasteiger partial charge < -0.3 is 29.5 Å². The molecule has 1 saturated carbocycles. The van der Waals surface area contributed by atoms with Crippen LogP contribution in [0.1, 0.15) is 55.8 Å². The first kappa shape index (κ1) is 31.4. The molecular weight excluding hydrogens is 605 g/mol. The number of nitrogens with zero attached hydrogens (tertiary/aromatic N) is 6. The maximum atomic E-state index is 13.9. The van der Waals surface area contributed by atoms with E-state index in [2.05, 4.69) is 20.6 Å². The van der Waals surface area contributed by atoms with Crippen molar-refractivity contribution in [2.45, 2.75) is 85.2 Å². The second kappa shape index (κ2) is 13.4. The first-order chi connectivity index (χ1) is 21.3. The van der Waals surface area contributed by atoms with Crippen molar-refractivity contribution in [2.24, 2.45) is 0 Å². The number of methoxy groups -OCH3 is 1. The second-order valence-electron chi connectivity index (χ2n) is 11.5. The molecule has 0 bridgehead atoms. The van der Waals surface area contributed by atoms with Crippen LogP contribution < -0.4 is 0 Å². The molecule has 3 aromatic rings. The quantitative estimate of drug-likeness (QED) is 0.312. The van der Waals surface area contributed by atoms with Crippen molar-refractivity contribution in [3.63, 3.8) is 0 Å². The molecular formula is C28H35F3N6O6S. The fraction of sp³-hybridized carbons (Fsp3) is 0.643. The van der Waals surface area contributed by atoms with Gasteiger partial charge in [-0.25, -0.2) is 22.5 Å². The lowest BCUT2D eigenvalue weighted by Gasteiger charge is -2.45. The van der Waals surface area contributed by atoms with E-state index in [0.29, 0.717) is 5.92 Å². The van der Waals surface area contributed by atoms with Gasteiger partial charge >= 0.3 is 0 Å². The molecule has 12 nitrogen and oxygen atoms in total. The largest absolute Gasteiger partial charge is 0.394 e. The summed E-state index contributed by atoms with van der Waals surface area (Å²) in [6.07, 6.45) is 4.81. The van der Waals surface area contributed by atoms with Gasteiger partial charge in [-0.2, -0.15) is 0 Å². The predicted octanol–water partition coefficient (Wildman–Crippen LogP) is 2.37. The molecule has 1 aliphatic carbocycles. The van der Waals surface area contributed by atoms with Gasteiger partial charge in [0.25, 0.3) is 0 Å². The molecule has 0 unspecified atom stereocenters. The molecule has 3 N–H and O–H groups in total. The zero-order valence-electron chi connectivity index (χ0n) is 24.0. The van der Waals surface area contributed by atoms with E-state index in [1.165, 1.54) is 36.2 Å². The van der Waals surface area contributed by atoms with Crippen molar-refractivity contribution in [1.82, 2.24) is 30.0 Å². The second-order valence-corrected chi connectivity index (χ2v) is 12.8. The number of thioether (sulfide) groups is 1. The molecule has 0 radical (unpaired) electrons. The van der Waals surface area contributed by atoms with Crippen LogP contribution in [-0.4, -0.2) is 107 Å². The number of hydrogen-bond donors (Lipinski definition) is 3. The molecule has 2 aromatic heterocycles. The van der Waals surface area contributed by atoms with Gasteiger partial charge in [0.1, 0.15) is 41.5 Å². The zero-order valence-corrected chi connectivity index (χ0v) is 24.8. The van der Waals surface area contributed by atoms with Crippen molar-refractivity contribution >= 4 is 11.8 Å². The van der Waals surface area contributed by atoms with Crippen LogP contribution in [0, 0.1) is 17.5 Å². The molecule has 1 aromatic carbocycles. The van der Waals surface area contributed by atoms with Gasteiger partial charge in [0.05, 0.1) is 43.1 Å². The number of benzene rings is 1. The van der Waals surface area contributed by atoms with E-state index in [1.807, 2.05) is 6.20 Å². The Morgan fingerprint density at radius 3 is 2.41 bits per heavy atom. The Morgan fingerprint density at radius 1 is 0.977 bits per heavy atom. The highest BCUT2D eigenvalue weighted by Gasteiger charge is 2.49. The molecule has 44 heavy (non-hydrogen) atoms. The summed E-state index contributed by atoms with van der Waals surface area (Å²) < 4.78 is 61.9. The molecule has 0 amide bonds. The lowest BCUT2D eigenvalue weighted by Crippen LogP contribution is -2.56.